The molecule has 1 aliphatic rings. The largest absolute Gasteiger partial charge is 0.289 e. The molecule has 0 radical (unpaired) electrons. The zero-order valence-corrected chi connectivity index (χ0v) is 38.2. The number of para-hydroxylation sites is 3. The molecule has 0 unspecified atom stereocenters. The van der Waals surface area contributed by atoms with Gasteiger partial charge in [0.1, 0.15) is 0 Å². The van der Waals surface area contributed by atoms with E-state index in [0.29, 0.717) is 49.8 Å². The molecular formula is C44H49N7O12S3. The number of nitrogens with zero attached hydrogens (tertiary/aromatic N) is 7. The minimum atomic E-state index is -4.45. The summed E-state index contributed by atoms with van der Waals surface area (Å²) in [6.07, 6.45) is 4.92. The fraction of sp³-hybridized carbons (Fsp3) is 0.341. The van der Waals surface area contributed by atoms with E-state index in [9.17, 15) is 55.6 Å². The first-order valence-corrected chi connectivity index (χ1v) is 25.5. The van der Waals surface area contributed by atoms with Gasteiger partial charge in [0, 0.05) is 57.1 Å². The summed E-state index contributed by atoms with van der Waals surface area (Å²) < 4.78 is 88.6. The van der Waals surface area contributed by atoms with Gasteiger partial charge in [0.25, 0.3) is 27.1 Å². The summed E-state index contributed by atoms with van der Waals surface area (Å²) in [5.74, 6) is -0.398. The molecular weight excluding hydrogens is 915 g/mol. The van der Waals surface area contributed by atoms with Gasteiger partial charge in [0.15, 0.2) is 14.7 Å². The topological polar surface area (TPSA) is 254 Å². The first-order valence-electron chi connectivity index (χ1n) is 21.2. The number of hydrogen-bond donors (Lipinski definition) is 0. The molecule has 0 aliphatic carbocycles. The van der Waals surface area contributed by atoms with Crippen molar-refractivity contribution in [1.29, 1.82) is 0 Å². The van der Waals surface area contributed by atoms with Crippen molar-refractivity contribution in [2.75, 3.05) is 26.2 Å². The fourth-order valence-electron chi connectivity index (χ4n) is 7.92. The number of rotatable bonds is 15. The van der Waals surface area contributed by atoms with Crippen molar-refractivity contribution in [1.82, 2.24) is 17.9 Å². The highest BCUT2D eigenvalue weighted by atomic mass is 32.2. The van der Waals surface area contributed by atoms with Crippen LogP contribution in [-0.4, -0.2) is 84.1 Å². The molecule has 4 aromatic carbocycles. The lowest BCUT2D eigenvalue weighted by atomic mass is 9.92. The number of nitro groups is 3. The summed E-state index contributed by atoms with van der Waals surface area (Å²) in [5, 5.41) is 35.8. The molecule has 0 spiro atoms. The Morgan fingerprint density at radius 3 is 1.41 bits per heavy atom. The van der Waals surface area contributed by atoms with E-state index in [0.717, 1.165) is 28.1 Å². The smallest absolute Gasteiger partial charge is 0.260 e. The van der Waals surface area contributed by atoms with Gasteiger partial charge in [-0.25, -0.2) is 25.3 Å². The van der Waals surface area contributed by atoms with E-state index in [1.54, 1.807) is 42.5 Å². The Bertz CT molecular complexity index is 2750. The molecule has 1 fully saturated rings. The normalized spacial score (nSPS) is 15.8. The summed E-state index contributed by atoms with van der Waals surface area (Å²) >= 11 is 0. The van der Waals surface area contributed by atoms with Gasteiger partial charge in [-0.2, -0.15) is 12.9 Å². The molecule has 0 bridgehead atoms. The minimum absolute atomic E-state index is 0.0556. The second-order valence-electron chi connectivity index (χ2n) is 15.8. The van der Waals surface area contributed by atoms with Crippen molar-refractivity contribution in [3.63, 3.8) is 0 Å². The Labute approximate surface area is 383 Å². The van der Waals surface area contributed by atoms with Crippen molar-refractivity contribution < 1.29 is 40.0 Å². The quantitative estimate of drug-likeness (QED) is 0.0729. The van der Waals surface area contributed by atoms with Crippen LogP contribution < -0.4 is 0 Å². The molecule has 0 N–H and O–H groups in total. The Balaban J connectivity index is 1.32. The molecule has 350 valence electrons. The first kappa shape index (κ1) is 49.4. The molecule has 6 rings (SSSR count). The lowest BCUT2D eigenvalue weighted by Crippen LogP contribution is -2.36. The van der Waals surface area contributed by atoms with Crippen LogP contribution in [0.15, 0.2) is 136 Å². The van der Waals surface area contributed by atoms with E-state index < -0.39 is 82.5 Å². The van der Waals surface area contributed by atoms with Crippen molar-refractivity contribution >= 4 is 47.1 Å². The van der Waals surface area contributed by atoms with Crippen molar-refractivity contribution in [3.8, 4) is 0 Å². The Morgan fingerprint density at radius 2 is 0.939 bits per heavy atom. The third-order valence-corrected chi connectivity index (χ3v) is 17.1. The molecule has 22 heteroatoms. The lowest BCUT2D eigenvalue weighted by Gasteiger charge is -2.28. The molecule has 2 heterocycles. The van der Waals surface area contributed by atoms with Crippen LogP contribution in [0.2, 0.25) is 0 Å². The van der Waals surface area contributed by atoms with E-state index in [2.05, 4.69) is 4.98 Å². The molecule has 0 amide bonds. The molecule has 19 nitrogen and oxygen atoms in total. The molecule has 1 aromatic heterocycles. The Hall–Kier alpha value is -6.04. The third kappa shape index (κ3) is 12.0. The van der Waals surface area contributed by atoms with Crippen LogP contribution >= 0.6 is 0 Å². The number of benzene rings is 4. The third-order valence-electron chi connectivity index (χ3n) is 11.4. The molecule has 1 saturated heterocycles. The zero-order valence-electron chi connectivity index (χ0n) is 35.8. The summed E-state index contributed by atoms with van der Waals surface area (Å²) in [6, 6.07) is 27.3. The number of pyridine rings is 1. The van der Waals surface area contributed by atoms with Crippen LogP contribution in [0.25, 0.3) is 0 Å². The van der Waals surface area contributed by atoms with Gasteiger partial charge in [-0.3, -0.25) is 35.3 Å². The number of aromatic nitrogens is 1. The molecule has 66 heavy (non-hydrogen) atoms. The number of nitro benzene ring substituents is 3. The summed E-state index contributed by atoms with van der Waals surface area (Å²) in [4.78, 5) is 36.4. The Kier molecular flexibility index (Phi) is 16.4. The van der Waals surface area contributed by atoms with Gasteiger partial charge in [0.2, 0.25) is 20.0 Å². The molecule has 5 aromatic rings. The second-order valence-corrected chi connectivity index (χ2v) is 21.5. The van der Waals surface area contributed by atoms with E-state index in [4.69, 9.17) is 0 Å². The van der Waals surface area contributed by atoms with Crippen LogP contribution in [0.4, 0.5) is 17.1 Å². The second kappa shape index (κ2) is 22.0. The van der Waals surface area contributed by atoms with Crippen LogP contribution in [0.3, 0.4) is 0 Å². The average Bonchev–Trinajstić information content (AvgIpc) is 3.30. The molecule has 0 atom stereocenters. The maximum absolute atomic E-state index is 14.2. The van der Waals surface area contributed by atoms with Crippen LogP contribution in [0, 0.1) is 36.3 Å². The SMILES string of the molecule is O=[N+]([O-])c1ccccc1S(=O)(=O)N1CCCCCCCN(S(=O)(=O)c2ccccc2[N+](=O)[O-])CCC(Cc2ccc(CN(Cc3ccccn3)S(=O)(=O)c3ccccc3[N+](=O)[O-])cc2)CC1. The maximum atomic E-state index is 14.2. The van der Waals surface area contributed by atoms with Gasteiger partial charge >= 0.3 is 0 Å². The van der Waals surface area contributed by atoms with Gasteiger partial charge in [-0.15, -0.1) is 0 Å². The lowest BCUT2D eigenvalue weighted by molar-refractivity contribution is -0.388. The standard InChI is InChI=1S/C44H49N7O12S3/c52-49(53)39-15-4-7-18-42(39)64(58,59)46-28-12-2-1-3-13-29-47(65(60,61)43-19-8-5-16-40(43)50(54)55)31-26-36(25-30-46)32-35-21-23-37(24-22-35)33-48(34-38-14-10-11-27-45-38)66(62,63)44-20-9-6-17-41(44)51(56)57/h4-11,14-24,27,36H,1-3,12-13,25-26,28-34H2. The van der Waals surface area contributed by atoms with Gasteiger partial charge in [-0.05, 0) is 79.5 Å². The minimum Gasteiger partial charge on any atom is -0.260 e. The van der Waals surface area contributed by atoms with E-state index in [1.165, 1.54) is 69.4 Å². The van der Waals surface area contributed by atoms with Gasteiger partial charge < -0.3 is 0 Å². The predicted molar refractivity (Wildman–Crippen MR) is 243 cm³/mol. The highest BCUT2D eigenvalue weighted by Gasteiger charge is 2.35. The summed E-state index contributed by atoms with van der Waals surface area (Å²) in [7, 11) is -13.2. The van der Waals surface area contributed by atoms with Crippen LogP contribution in [0.5, 0.6) is 0 Å². The highest BCUT2D eigenvalue weighted by molar-refractivity contribution is 7.89. The summed E-state index contributed by atoms with van der Waals surface area (Å²) in [5.41, 5.74) is -0.0180. The number of hydrogen-bond acceptors (Lipinski definition) is 13. The van der Waals surface area contributed by atoms with Crippen LogP contribution in [-0.2, 0) is 49.6 Å². The van der Waals surface area contributed by atoms with Gasteiger partial charge in [0.05, 0.1) is 27.0 Å². The summed E-state index contributed by atoms with van der Waals surface area (Å²) in [6.45, 7) is -0.308. The van der Waals surface area contributed by atoms with Crippen LogP contribution in [0.1, 0.15) is 61.8 Å². The predicted octanol–water partition coefficient (Wildman–Crippen LogP) is 7.48. The van der Waals surface area contributed by atoms with Crippen molar-refractivity contribution in [3.05, 3.63) is 169 Å². The van der Waals surface area contributed by atoms with E-state index in [-0.39, 0.29) is 52.1 Å². The van der Waals surface area contributed by atoms with E-state index >= 15 is 0 Å². The first-order chi connectivity index (χ1) is 31.5. The van der Waals surface area contributed by atoms with Crippen molar-refractivity contribution in [2.45, 2.75) is 79.1 Å². The van der Waals surface area contributed by atoms with E-state index in [1.807, 2.05) is 0 Å². The fourth-order valence-corrected chi connectivity index (χ4v) is 12.8. The van der Waals surface area contributed by atoms with Crippen molar-refractivity contribution in [2.24, 2.45) is 5.92 Å². The zero-order chi connectivity index (χ0) is 47.5. The Morgan fingerprint density at radius 1 is 0.515 bits per heavy atom. The monoisotopic (exact) mass is 963 g/mol. The molecule has 0 saturated carbocycles. The average molecular weight is 964 g/mol. The van der Waals surface area contributed by atoms with Gasteiger partial charge in [-0.1, -0.05) is 86.0 Å². The molecule has 1 aliphatic heterocycles. The maximum Gasteiger partial charge on any atom is 0.289 e. The number of sulfonamides is 3. The highest BCUT2D eigenvalue weighted by Crippen LogP contribution is 2.32.